The molecule has 1 aromatic carbocycles. The highest BCUT2D eigenvalue weighted by atomic mass is 16.5. The van der Waals surface area contributed by atoms with Gasteiger partial charge in [0.25, 0.3) is 0 Å². The molecule has 0 aromatic heterocycles. The van der Waals surface area contributed by atoms with Gasteiger partial charge >= 0.3 is 0 Å². The summed E-state index contributed by atoms with van der Waals surface area (Å²) >= 11 is 0. The molecule has 118 valence electrons. The van der Waals surface area contributed by atoms with Gasteiger partial charge in [0, 0.05) is 20.2 Å². The normalized spacial score (nSPS) is 11.5. The van der Waals surface area contributed by atoms with Crippen LogP contribution in [0.1, 0.15) is 18.1 Å². The van der Waals surface area contributed by atoms with Crippen LogP contribution in [0.4, 0.5) is 0 Å². The van der Waals surface area contributed by atoms with E-state index in [9.17, 15) is 0 Å². The Labute approximate surface area is 127 Å². The SMILES string of the molecule is CCNC(=NCc1ccc(C)cc1)NCCOCCOC. The number of rotatable bonds is 9. The molecular weight excluding hydrogens is 266 g/mol. The Bertz CT molecular complexity index is 404. The van der Waals surface area contributed by atoms with Gasteiger partial charge in [0.2, 0.25) is 0 Å². The van der Waals surface area contributed by atoms with E-state index in [-0.39, 0.29) is 0 Å². The standard InChI is InChI=1S/C16H27N3O2/c1-4-17-16(18-9-10-21-12-11-20-3)19-13-15-7-5-14(2)6-8-15/h5-8H,4,9-13H2,1-3H3,(H2,17,18,19). The van der Waals surface area contributed by atoms with Gasteiger partial charge in [-0.2, -0.15) is 0 Å². The van der Waals surface area contributed by atoms with E-state index in [0.717, 1.165) is 19.0 Å². The smallest absolute Gasteiger partial charge is 0.191 e. The summed E-state index contributed by atoms with van der Waals surface area (Å²) in [6, 6.07) is 8.43. The van der Waals surface area contributed by atoms with Gasteiger partial charge in [-0.1, -0.05) is 29.8 Å². The zero-order valence-corrected chi connectivity index (χ0v) is 13.3. The van der Waals surface area contributed by atoms with Crippen LogP contribution in [-0.4, -0.2) is 46.0 Å². The molecule has 0 aliphatic carbocycles. The maximum absolute atomic E-state index is 5.41. The number of hydrogen-bond acceptors (Lipinski definition) is 3. The fourth-order valence-electron chi connectivity index (χ4n) is 1.69. The van der Waals surface area contributed by atoms with E-state index in [1.807, 2.05) is 0 Å². The number of nitrogens with zero attached hydrogens (tertiary/aromatic N) is 1. The first-order valence-electron chi connectivity index (χ1n) is 7.40. The summed E-state index contributed by atoms with van der Waals surface area (Å²) in [5, 5.41) is 6.48. The molecule has 2 N–H and O–H groups in total. The Morgan fingerprint density at radius 1 is 1.10 bits per heavy atom. The maximum Gasteiger partial charge on any atom is 0.191 e. The molecule has 0 unspecified atom stereocenters. The zero-order chi connectivity index (χ0) is 15.3. The number of guanidine groups is 1. The van der Waals surface area contributed by atoms with E-state index >= 15 is 0 Å². The lowest BCUT2D eigenvalue weighted by atomic mass is 10.1. The Morgan fingerprint density at radius 3 is 2.52 bits per heavy atom. The van der Waals surface area contributed by atoms with Crippen molar-refractivity contribution in [2.75, 3.05) is 40.0 Å². The molecule has 0 fully saturated rings. The van der Waals surface area contributed by atoms with Crippen LogP contribution in [0.15, 0.2) is 29.3 Å². The average Bonchev–Trinajstić information content (AvgIpc) is 2.49. The molecule has 0 amide bonds. The summed E-state index contributed by atoms with van der Waals surface area (Å²) in [5.74, 6) is 0.813. The summed E-state index contributed by atoms with van der Waals surface area (Å²) < 4.78 is 10.3. The van der Waals surface area contributed by atoms with E-state index in [1.165, 1.54) is 11.1 Å². The second-order valence-electron chi connectivity index (χ2n) is 4.71. The number of aliphatic imine (C=N–C) groups is 1. The number of methoxy groups -OCH3 is 1. The Hall–Kier alpha value is -1.59. The van der Waals surface area contributed by atoms with Crippen LogP contribution in [0, 0.1) is 6.92 Å². The van der Waals surface area contributed by atoms with Crippen molar-refractivity contribution in [3.05, 3.63) is 35.4 Å². The molecule has 0 radical (unpaired) electrons. The molecule has 5 heteroatoms. The predicted molar refractivity (Wildman–Crippen MR) is 86.7 cm³/mol. The van der Waals surface area contributed by atoms with Crippen molar-refractivity contribution in [1.29, 1.82) is 0 Å². The Morgan fingerprint density at radius 2 is 1.86 bits per heavy atom. The molecule has 0 atom stereocenters. The summed E-state index contributed by atoms with van der Waals surface area (Å²) in [7, 11) is 1.67. The molecule has 0 spiro atoms. The second kappa shape index (κ2) is 11.1. The number of hydrogen-bond donors (Lipinski definition) is 2. The molecule has 0 aliphatic rings. The largest absolute Gasteiger partial charge is 0.382 e. The van der Waals surface area contributed by atoms with Crippen molar-refractivity contribution < 1.29 is 9.47 Å². The molecule has 1 rings (SSSR count). The lowest BCUT2D eigenvalue weighted by Gasteiger charge is -2.11. The first kappa shape index (κ1) is 17.5. The average molecular weight is 293 g/mol. The lowest BCUT2D eigenvalue weighted by molar-refractivity contribution is 0.0733. The van der Waals surface area contributed by atoms with Crippen LogP contribution >= 0.6 is 0 Å². The highest BCUT2D eigenvalue weighted by Gasteiger charge is 1.97. The van der Waals surface area contributed by atoms with Crippen molar-refractivity contribution in [2.24, 2.45) is 4.99 Å². The maximum atomic E-state index is 5.41. The number of nitrogens with one attached hydrogen (secondary N) is 2. The molecule has 0 saturated heterocycles. The van der Waals surface area contributed by atoms with Crippen LogP contribution in [-0.2, 0) is 16.0 Å². The molecule has 21 heavy (non-hydrogen) atoms. The minimum absolute atomic E-state index is 0.620. The van der Waals surface area contributed by atoms with E-state index in [4.69, 9.17) is 9.47 Å². The topological polar surface area (TPSA) is 54.9 Å². The quantitative estimate of drug-likeness (QED) is 0.413. The molecule has 0 aliphatic heterocycles. The highest BCUT2D eigenvalue weighted by molar-refractivity contribution is 5.79. The first-order valence-corrected chi connectivity index (χ1v) is 7.40. The van der Waals surface area contributed by atoms with Crippen LogP contribution in [0.5, 0.6) is 0 Å². The van der Waals surface area contributed by atoms with Gasteiger partial charge in [-0.15, -0.1) is 0 Å². The lowest BCUT2D eigenvalue weighted by Crippen LogP contribution is -2.39. The zero-order valence-electron chi connectivity index (χ0n) is 13.3. The van der Waals surface area contributed by atoms with Gasteiger partial charge in [-0.25, -0.2) is 4.99 Å². The van der Waals surface area contributed by atoms with Crippen molar-refractivity contribution >= 4 is 5.96 Å². The molecular formula is C16H27N3O2. The van der Waals surface area contributed by atoms with Gasteiger partial charge < -0.3 is 20.1 Å². The number of ether oxygens (including phenoxy) is 2. The van der Waals surface area contributed by atoms with Crippen molar-refractivity contribution in [1.82, 2.24) is 10.6 Å². The molecule has 0 bridgehead atoms. The van der Waals surface area contributed by atoms with E-state index < -0.39 is 0 Å². The van der Waals surface area contributed by atoms with Crippen LogP contribution < -0.4 is 10.6 Å². The second-order valence-corrected chi connectivity index (χ2v) is 4.71. The van der Waals surface area contributed by atoms with Gasteiger partial charge in [0.15, 0.2) is 5.96 Å². The van der Waals surface area contributed by atoms with Gasteiger partial charge in [-0.05, 0) is 19.4 Å². The van der Waals surface area contributed by atoms with Crippen molar-refractivity contribution in [3.8, 4) is 0 Å². The van der Waals surface area contributed by atoms with E-state index in [0.29, 0.717) is 26.4 Å². The van der Waals surface area contributed by atoms with Crippen LogP contribution in [0.2, 0.25) is 0 Å². The summed E-state index contributed by atoms with van der Waals surface area (Å²) in [6.45, 7) is 8.25. The minimum atomic E-state index is 0.620. The van der Waals surface area contributed by atoms with Crippen LogP contribution in [0.25, 0.3) is 0 Å². The van der Waals surface area contributed by atoms with Crippen molar-refractivity contribution in [3.63, 3.8) is 0 Å². The summed E-state index contributed by atoms with van der Waals surface area (Å²) in [4.78, 5) is 4.56. The Balaban J connectivity index is 2.33. The first-order chi connectivity index (χ1) is 10.3. The fourth-order valence-corrected chi connectivity index (χ4v) is 1.69. The summed E-state index contributed by atoms with van der Waals surface area (Å²) in [6.07, 6.45) is 0. The fraction of sp³-hybridized carbons (Fsp3) is 0.562. The molecule has 0 heterocycles. The number of aryl methyl sites for hydroxylation is 1. The molecule has 1 aromatic rings. The van der Waals surface area contributed by atoms with Gasteiger partial charge in [0.1, 0.15) is 0 Å². The van der Waals surface area contributed by atoms with Crippen molar-refractivity contribution in [2.45, 2.75) is 20.4 Å². The highest BCUT2D eigenvalue weighted by Crippen LogP contribution is 2.04. The predicted octanol–water partition coefficient (Wildman–Crippen LogP) is 1.71. The summed E-state index contributed by atoms with van der Waals surface area (Å²) in [5.41, 5.74) is 2.47. The monoisotopic (exact) mass is 293 g/mol. The number of benzene rings is 1. The van der Waals surface area contributed by atoms with E-state index in [1.54, 1.807) is 7.11 Å². The van der Waals surface area contributed by atoms with Gasteiger partial charge in [-0.3, -0.25) is 0 Å². The van der Waals surface area contributed by atoms with Crippen LogP contribution in [0.3, 0.4) is 0 Å². The Kier molecular flexibility index (Phi) is 9.24. The third-order valence-corrected chi connectivity index (χ3v) is 2.86. The third-order valence-electron chi connectivity index (χ3n) is 2.86. The minimum Gasteiger partial charge on any atom is -0.382 e. The van der Waals surface area contributed by atoms with E-state index in [2.05, 4.69) is 53.7 Å². The molecule has 0 saturated carbocycles. The third kappa shape index (κ3) is 8.32. The molecule has 5 nitrogen and oxygen atoms in total. The van der Waals surface area contributed by atoms with Gasteiger partial charge in [0.05, 0.1) is 26.4 Å².